The molecule has 0 spiro atoms. The number of aliphatic hydroxyl groups excluding tert-OH is 1. The summed E-state index contributed by atoms with van der Waals surface area (Å²) in [6.45, 7) is 4.80. The van der Waals surface area contributed by atoms with Gasteiger partial charge in [0, 0.05) is 13.8 Å². The van der Waals surface area contributed by atoms with Gasteiger partial charge in [0.2, 0.25) is 0 Å². The molecule has 3 unspecified atom stereocenters. The van der Waals surface area contributed by atoms with E-state index in [4.69, 9.17) is 0 Å². The number of nitrogens with zero attached hydrogens (tertiary/aromatic N) is 1. The summed E-state index contributed by atoms with van der Waals surface area (Å²) in [7, 11) is 0. The molecule has 2 fully saturated rings. The maximum Gasteiger partial charge on any atom is 0.0577 e. The first-order chi connectivity index (χ1) is 12.9. The standard InChI is InChI=1S/C24H31NO/c1-23-11-9-18(26)14-17(23)5-6-19-21-8-7-20(16-4-3-13-25-15-16)24(21,2)12-10-22(19)23/h3-5,7,13,15,18-19,21-22,26H,6,8-12,14H2,1-2H3/t18-,19?,21?,22?,23-,24+/m0/s1/i19D. The molecule has 2 nitrogen and oxygen atoms in total. The summed E-state index contributed by atoms with van der Waals surface area (Å²) in [6.07, 6.45) is 15.3. The van der Waals surface area contributed by atoms with Crippen molar-refractivity contribution in [2.24, 2.45) is 28.6 Å². The molecule has 0 bridgehead atoms. The Balaban J connectivity index is 1.53. The molecule has 1 N–H and O–H groups in total. The second kappa shape index (κ2) is 5.79. The molecule has 4 aliphatic carbocycles. The Hall–Kier alpha value is -1.41. The van der Waals surface area contributed by atoms with Crippen molar-refractivity contribution in [2.75, 3.05) is 0 Å². The van der Waals surface area contributed by atoms with Gasteiger partial charge in [-0.05, 0) is 90.7 Å². The van der Waals surface area contributed by atoms with Gasteiger partial charge in [-0.1, -0.05) is 37.6 Å². The van der Waals surface area contributed by atoms with Crippen LogP contribution < -0.4 is 0 Å². The average molecular weight is 351 g/mol. The van der Waals surface area contributed by atoms with Crippen molar-refractivity contribution < 1.29 is 6.48 Å². The molecular formula is C24H31NO. The third kappa shape index (κ3) is 2.24. The van der Waals surface area contributed by atoms with Gasteiger partial charge in [0.15, 0.2) is 0 Å². The molecule has 4 aliphatic rings. The molecule has 1 aromatic heterocycles. The second-order valence-electron chi connectivity index (χ2n) is 9.48. The van der Waals surface area contributed by atoms with Gasteiger partial charge >= 0.3 is 0 Å². The molecule has 0 amide bonds. The lowest BCUT2D eigenvalue weighted by Gasteiger charge is -2.57. The van der Waals surface area contributed by atoms with Crippen LogP contribution in [0.5, 0.6) is 0 Å². The average Bonchev–Trinajstić information content (AvgIpc) is 3.02. The van der Waals surface area contributed by atoms with Gasteiger partial charge < -0.3 is 5.11 Å². The Morgan fingerprint density at radius 2 is 1.96 bits per heavy atom. The van der Waals surface area contributed by atoms with Crippen molar-refractivity contribution in [1.82, 2.24) is 4.98 Å². The highest BCUT2D eigenvalue weighted by atomic mass is 16.3. The second-order valence-corrected chi connectivity index (χ2v) is 9.48. The largest absolute Gasteiger partial charge is 0.393 e. The Labute approximate surface area is 158 Å². The molecule has 2 heteroatoms. The minimum absolute atomic E-state index is 0.0805. The zero-order valence-electron chi connectivity index (χ0n) is 17.0. The number of pyridine rings is 1. The molecule has 6 atom stereocenters. The predicted molar refractivity (Wildman–Crippen MR) is 105 cm³/mol. The summed E-state index contributed by atoms with van der Waals surface area (Å²) in [5.41, 5.74) is 4.29. The van der Waals surface area contributed by atoms with E-state index < -0.39 is 5.89 Å². The van der Waals surface area contributed by atoms with Gasteiger partial charge in [0.05, 0.1) is 6.10 Å². The molecule has 0 aliphatic heterocycles. The molecular weight excluding hydrogens is 318 g/mol. The monoisotopic (exact) mass is 350 g/mol. The smallest absolute Gasteiger partial charge is 0.0577 e. The third-order valence-corrected chi connectivity index (χ3v) is 8.30. The van der Waals surface area contributed by atoms with Gasteiger partial charge in [-0.3, -0.25) is 4.98 Å². The van der Waals surface area contributed by atoms with Crippen molar-refractivity contribution in [1.29, 1.82) is 0 Å². The first-order valence-electron chi connectivity index (χ1n) is 10.9. The number of hydrogen-bond acceptors (Lipinski definition) is 2. The van der Waals surface area contributed by atoms with Crippen LogP contribution in [0.1, 0.15) is 65.7 Å². The van der Waals surface area contributed by atoms with E-state index >= 15 is 0 Å². The maximum atomic E-state index is 10.2. The van der Waals surface area contributed by atoms with Crippen LogP contribution in [0, 0.1) is 28.6 Å². The highest BCUT2D eigenvalue weighted by Gasteiger charge is 2.56. The van der Waals surface area contributed by atoms with Crippen LogP contribution in [-0.2, 0) is 0 Å². The van der Waals surface area contributed by atoms with Gasteiger partial charge in [0.1, 0.15) is 0 Å². The van der Waals surface area contributed by atoms with Crippen LogP contribution in [0.2, 0.25) is 0 Å². The molecule has 5 rings (SSSR count). The molecule has 138 valence electrons. The quantitative estimate of drug-likeness (QED) is 0.688. The van der Waals surface area contributed by atoms with E-state index in [0.717, 1.165) is 44.9 Å². The summed E-state index contributed by atoms with van der Waals surface area (Å²) in [5, 5.41) is 10.2. The van der Waals surface area contributed by atoms with Crippen molar-refractivity contribution >= 4 is 5.57 Å². The minimum atomic E-state index is -0.395. The van der Waals surface area contributed by atoms with E-state index in [-0.39, 0.29) is 16.9 Å². The SMILES string of the molecule is [2H]C12CC=C3C[C@@H](O)CC[C@]3(C)C1CC[C@]1(C)C(c3cccnc3)=CCC21. The highest BCUT2D eigenvalue weighted by molar-refractivity contribution is 5.72. The first-order valence-corrected chi connectivity index (χ1v) is 10.4. The highest BCUT2D eigenvalue weighted by Crippen LogP contribution is 2.66. The summed E-state index contributed by atoms with van der Waals surface area (Å²) >= 11 is 0. The number of hydrogen-bond donors (Lipinski definition) is 1. The lowest BCUT2D eigenvalue weighted by Crippen LogP contribution is -2.49. The predicted octanol–water partition coefficient (Wildman–Crippen LogP) is 5.40. The van der Waals surface area contributed by atoms with E-state index in [1.165, 1.54) is 16.7 Å². The van der Waals surface area contributed by atoms with Crippen LogP contribution in [0.25, 0.3) is 5.57 Å². The van der Waals surface area contributed by atoms with Gasteiger partial charge in [-0.25, -0.2) is 0 Å². The summed E-state index contributed by atoms with van der Waals surface area (Å²) in [4.78, 5) is 4.35. The summed E-state index contributed by atoms with van der Waals surface area (Å²) in [5.74, 6) is 0.395. The lowest BCUT2D eigenvalue weighted by molar-refractivity contribution is -0.0238. The zero-order valence-corrected chi connectivity index (χ0v) is 16.0. The molecule has 0 saturated heterocycles. The molecule has 2 saturated carbocycles. The van der Waals surface area contributed by atoms with Gasteiger partial charge in [-0.2, -0.15) is 0 Å². The van der Waals surface area contributed by atoms with Gasteiger partial charge in [0.25, 0.3) is 0 Å². The van der Waals surface area contributed by atoms with Crippen LogP contribution in [0.15, 0.2) is 42.3 Å². The van der Waals surface area contributed by atoms with Crippen molar-refractivity contribution in [2.45, 2.75) is 64.9 Å². The summed E-state index contributed by atoms with van der Waals surface area (Å²) < 4.78 is 9.73. The number of allylic oxidation sites excluding steroid dienone is 3. The molecule has 1 heterocycles. The van der Waals surface area contributed by atoms with Crippen LogP contribution >= 0.6 is 0 Å². The zero-order chi connectivity index (χ0) is 18.9. The number of aliphatic hydroxyl groups is 1. The third-order valence-electron chi connectivity index (χ3n) is 8.30. The molecule has 0 aromatic carbocycles. The minimum Gasteiger partial charge on any atom is -0.393 e. The van der Waals surface area contributed by atoms with Crippen LogP contribution in [-0.4, -0.2) is 16.2 Å². The normalized spacial score (nSPS) is 47.8. The Morgan fingerprint density at radius 3 is 2.77 bits per heavy atom. The van der Waals surface area contributed by atoms with Crippen molar-refractivity contribution in [3.63, 3.8) is 0 Å². The molecule has 26 heavy (non-hydrogen) atoms. The Bertz CT molecular complexity index is 817. The first kappa shape index (κ1) is 15.6. The van der Waals surface area contributed by atoms with E-state index in [0.29, 0.717) is 11.8 Å². The summed E-state index contributed by atoms with van der Waals surface area (Å²) in [6, 6.07) is 4.21. The maximum absolute atomic E-state index is 10.2. The molecule has 1 aromatic rings. The topological polar surface area (TPSA) is 33.1 Å². The van der Waals surface area contributed by atoms with E-state index in [1.807, 2.05) is 18.5 Å². The van der Waals surface area contributed by atoms with E-state index in [9.17, 15) is 6.48 Å². The van der Waals surface area contributed by atoms with Crippen molar-refractivity contribution in [3.8, 4) is 0 Å². The Kier molecular flexibility index (Phi) is 3.48. The fraction of sp³-hybridized carbons (Fsp3) is 0.625. The van der Waals surface area contributed by atoms with Gasteiger partial charge in [-0.15, -0.1) is 0 Å². The van der Waals surface area contributed by atoms with E-state index in [2.05, 4.69) is 37.0 Å². The van der Waals surface area contributed by atoms with Crippen LogP contribution in [0.3, 0.4) is 0 Å². The lowest BCUT2D eigenvalue weighted by atomic mass is 9.47. The fourth-order valence-corrected chi connectivity index (χ4v) is 6.81. The fourth-order valence-electron chi connectivity index (χ4n) is 6.81. The number of aromatic nitrogens is 1. The van der Waals surface area contributed by atoms with Crippen molar-refractivity contribution in [3.05, 3.63) is 47.8 Å². The number of rotatable bonds is 1. The Morgan fingerprint density at radius 1 is 1.12 bits per heavy atom. The van der Waals surface area contributed by atoms with E-state index in [1.54, 1.807) is 0 Å². The molecule has 0 radical (unpaired) electrons. The number of fused-ring (bicyclic) bond motifs is 5. The van der Waals surface area contributed by atoms with Crippen LogP contribution in [0.4, 0.5) is 0 Å².